The van der Waals surface area contributed by atoms with Gasteiger partial charge in [0.2, 0.25) is 0 Å². The van der Waals surface area contributed by atoms with E-state index >= 15 is 0 Å². The van der Waals surface area contributed by atoms with Gasteiger partial charge in [-0.3, -0.25) is 4.90 Å². The van der Waals surface area contributed by atoms with Gasteiger partial charge in [-0.15, -0.1) is 0 Å². The number of rotatable bonds is 3. The van der Waals surface area contributed by atoms with Crippen molar-refractivity contribution < 1.29 is 19.2 Å². The van der Waals surface area contributed by atoms with Gasteiger partial charge in [0, 0.05) is 18.3 Å². The van der Waals surface area contributed by atoms with Crippen molar-refractivity contribution in [2.45, 2.75) is 13.0 Å². The van der Waals surface area contributed by atoms with Gasteiger partial charge < -0.3 is 14.9 Å². The first-order chi connectivity index (χ1) is 10.1. The molecule has 2 N–H and O–H groups in total. The Labute approximate surface area is 120 Å². The summed E-state index contributed by atoms with van der Waals surface area (Å²) in [5.41, 5.74) is 1.84. The quantitative estimate of drug-likeness (QED) is 0.894. The zero-order valence-electron chi connectivity index (χ0n) is 11.1. The van der Waals surface area contributed by atoms with E-state index in [0.29, 0.717) is 18.7 Å². The van der Waals surface area contributed by atoms with Crippen LogP contribution in [0.5, 0.6) is 0 Å². The number of nitrogens with one attached hydrogen (secondary N) is 1. The van der Waals surface area contributed by atoms with E-state index in [1.807, 2.05) is 0 Å². The summed E-state index contributed by atoms with van der Waals surface area (Å²) in [5, 5.41) is 15.3. The number of anilines is 1. The van der Waals surface area contributed by atoms with Crippen LogP contribution in [0.1, 0.15) is 21.7 Å². The molecule has 1 aliphatic rings. The molecule has 2 heterocycles. The number of nitrogens with zero attached hydrogens (tertiary/aromatic N) is 2. The molecule has 7 nitrogen and oxygen atoms in total. The first-order valence-electron chi connectivity index (χ1n) is 6.46. The highest BCUT2D eigenvalue weighted by Gasteiger charge is 2.25. The van der Waals surface area contributed by atoms with E-state index in [-0.39, 0.29) is 18.1 Å². The molecule has 108 valence electrons. The van der Waals surface area contributed by atoms with Crippen LogP contribution < -0.4 is 10.2 Å². The van der Waals surface area contributed by atoms with Gasteiger partial charge in [0.25, 0.3) is 0 Å². The Kier molecular flexibility index (Phi) is 3.31. The lowest BCUT2D eigenvalue weighted by molar-refractivity contribution is 0.0697. The summed E-state index contributed by atoms with van der Waals surface area (Å²) in [7, 11) is 0. The number of aromatic nitrogens is 1. The van der Waals surface area contributed by atoms with Gasteiger partial charge in [0.1, 0.15) is 0 Å². The summed E-state index contributed by atoms with van der Waals surface area (Å²) in [6.45, 7) is 0.790. The number of carboxylic acids is 1. The molecule has 2 amide bonds. The Balaban J connectivity index is 1.71. The van der Waals surface area contributed by atoms with Crippen molar-refractivity contribution in [2.75, 3.05) is 11.4 Å². The van der Waals surface area contributed by atoms with E-state index in [2.05, 4.69) is 10.5 Å². The second kappa shape index (κ2) is 5.28. The Morgan fingerprint density at radius 1 is 1.38 bits per heavy atom. The minimum absolute atomic E-state index is 0.234. The van der Waals surface area contributed by atoms with Crippen molar-refractivity contribution >= 4 is 17.7 Å². The highest BCUT2D eigenvalue weighted by molar-refractivity contribution is 5.95. The molecule has 1 aromatic carbocycles. The molecule has 1 aliphatic heterocycles. The molecule has 0 radical (unpaired) electrons. The predicted octanol–water partition coefficient (Wildman–Crippen LogP) is 1.65. The van der Waals surface area contributed by atoms with Crippen molar-refractivity contribution in [2.24, 2.45) is 0 Å². The van der Waals surface area contributed by atoms with Crippen LogP contribution in [-0.2, 0) is 13.0 Å². The Morgan fingerprint density at radius 2 is 2.24 bits per heavy atom. The minimum Gasteiger partial charge on any atom is -0.478 e. The molecule has 0 spiro atoms. The summed E-state index contributed by atoms with van der Waals surface area (Å²) in [6.07, 6.45) is 2.16. The predicted molar refractivity (Wildman–Crippen MR) is 73.2 cm³/mol. The maximum absolute atomic E-state index is 12.2. The van der Waals surface area contributed by atoms with Gasteiger partial charge in [-0.2, -0.15) is 0 Å². The summed E-state index contributed by atoms with van der Waals surface area (Å²) in [4.78, 5) is 24.7. The zero-order chi connectivity index (χ0) is 14.8. The van der Waals surface area contributed by atoms with Crippen LogP contribution in [0.2, 0.25) is 0 Å². The molecular formula is C14H13N3O4. The van der Waals surface area contributed by atoms with Crippen molar-refractivity contribution in [3.63, 3.8) is 0 Å². The molecule has 0 atom stereocenters. The number of hydrogen-bond donors (Lipinski definition) is 2. The second-order valence-corrected chi connectivity index (χ2v) is 4.69. The van der Waals surface area contributed by atoms with Crippen molar-refractivity contribution in [3.05, 3.63) is 47.3 Å². The number of carbonyl (C=O) groups is 2. The number of carbonyl (C=O) groups excluding carboxylic acids is 1. The van der Waals surface area contributed by atoms with Crippen molar-refractivity contribution in [1.82, 2.24) is 10.5 Å². The van der Waals surface area contributed by atoms with E-state index in [1.54, 1.807) is 23.1 Å². The van der Waals surface area contributed by atoms with Gasteiger partial charge >= 0.3 is 12.0 Å². The summed E-state index contributed by atoms with van der Waals surface area (Å²) < 4.78 is 4.91. The van der Waals surface area contributed by atoms with E-state index in [0.717, 1.165) is 11.3 Å². The lowest BCUT2D eigenvalue weighted by Gasteiger charge is -2.17. The Hall–Kier alpha value is -2.83. The Bertz CT molecular complexity index is 682. The van der Waals surface area contributed by atoms with Gasteiger partial charge in [0.15, 0.2) is 5.76 Å². The van der Waals surface area contributed by atoms with Crippen molar-refractivity contribution in [1.29, 1.82) is 0 Å². The number of aromatic carboxylic acids is 1. The van der Waals surface area contributed by atoms with Gasteiger partial charge in [-0.25, -0.2) is 9.59 Å². The zero-order valence-corrected chi connectivity index (χ0v) is 11.1. The standard InChI is InChI=1S/C14H13N3O4/c18-13(19)10-1-2-12-9(7-10)4-6-17(12)14(20)15-8-11-3-5-16-21-11/h1-3,5,7H,4,6,8H2,(H,15,20)(H,18,19). The maximum atomic E-state index is 12.2. The fourth-order valence-electron chi connectivity index (χ4n) is 2.34. The van der Waals surface area contributed by atoms with E-state index < -0.39 is 5.97 Å². The fourth-order valence-corrected chi connectivity index (χ4v) is 2.34. The summed E-state index contributed by atoms with van der Waals surface area (Å²) in [5.74, 6) is -0.394. The van der Waals surface area contributed by atoms with Crippen LogP contribution >= 0.6 is 0 Å². The van der Waals surface area contributed by atoms with Crippen molar-refractivity contribution in [3.8, 4) is 0 Å². The lowest BCUT2D eigenvalue weighted by atomic mass is 10.1. The average molecular weight is 287 g/mol. The highest BCUT2D eigenvalue weighted by atomic mass is 16.5. The van der Waals surface area contributed by atoms with Crippen LogP contribution in [0.25, 0.3) is 0 Å². The van der Waals surface area contributed by atoms with Gasteiger partial charge in [0.05, 0.1) is 18.3 Å². The number of amides is 2. The molecule has 0 saturated carbocycles. The summed E-state index contributed by atoms with van der Waals surface area (Å²) >= 11 is 0. The summed E-state index contributed by atoms with van der Waals surface area (Å²) in [6, 6.07) is 6.22. The first kappa shape index (κ1) is 13.2. The Morgan fingerprint density at radius 3 is 2.95 bits per heavy atom. The van der Waals surface area contributed by atoms with Gasteiger partial charge in [-0.05, 0) is 30.2 Å². The molecule has 0 unspecified atom stereocenters. The maximum Gasteiger partial charge on any atom is 0.335 e. The highest BCUT2D eigenvalue weighted by Crippen LogP contribution is 2.28. The normalized spacial score (nSPS) is 13.0. The molecule has 2 aromatic rings. The average Bonchev–Trinajstić information content (AvgIpc) is 3.13. The molecule has 0 fully saturated rings. The molecular weight excluding hydrogens is 274 g/mol. The van der Waals surface area contributed by atoms with E-state index in [9.17, 15) is 9.59 Å². The third-order valence-corrected chi connectivity index (χ3v) is 3.37. The molecule has 1 aromatic heterocycles. The van der Waals surface area contributed by atoms with Crippen LogP contribution in [0.15, 0.2) is 35.0 Å². The third kappa shape index (κ3) is 2.58. The number of benzene rings is 1. The first-order valence-corrected chi connectivity index (χ1v) is 6.46. The largest absolute Gasteiger partial charge is 0.478 e. The van der Waals surface area contributed by atoms with Crippen LogP contribution in [0.3, 0.4) is 0 Å². The number of carboxylic acid groups (broad SMARTS) is 1. The molecule has 0 bridgehead atoms. The topological polar surface area (TPSA) is 95.7 Å². The number of urea groups is 1. The number of hydrogen-bond acceptors (Lipinski definition) is 4. The fraction of sp³-hybridized carbons (Fsp3) is 0.214. The van der Waals surface area contributed by atoms with E-state index in [1.165, 1.54) is 12.3 Å². The lowest BCUT2D eigenvalue weighted by Crippen LogP contribution is -2.38. The van der Waals surface area contributed by atoms with Crippen LogP contribution in [0.4, 0.5) is 10.5 Å². The molecule has 0 aliphatic carbocycles. The van der Waals surface area contributed by atoms with Gasteiger partial charge in [-0.1, -0.05) is 5.16 Å². The molecule has 3 rings (SSSR count). The number of fused-ring (bicyclic) bond motifs is 1. The van der Waals surface area contributed by atoms with Crippen LogP contribution in [0, 0.1) is 0 Å². The minimum atomic E-state index is -0.967. The molecule has 21 heavy (non-hydrogen) atoms. The molecule has 0 saturated heterocycles. The smallest absolute Gasteiger partial charge is 0.335 e. The van der Waals surface area contributed by atoms with Crippen LogP contribution in [-0.4, -0.2) is 28.8 Å². The van der Waals surface area contributed by atoms with E-state index in [4.69, 9.17) is 9.63 Å². The second-order valence-electron chi connectivity index (χ2n) is 4.69. The molecule has 7 heteroatoms. The third-order valence-electron chi connectivity index (χ3n) is 3.37. The monoisotopic (exact) mass is 287 g/mol. The SMILES string of the molecule is O=C(O)c1ccc2c(c1)CCN2C(=O)NCc1ccno1.